The predicted octanol–water partition coefficient (Wildman–Crippen LogP) is 3.12. The maximum Gasteiger partial charge on any atom is 0.222 e. The number of rotatable bonds is 4. The van der Waals surface area contributed by atoms with E-state index in [1.54, 1.807) is 36.4 Å². The van der Waals surface area contributed by atoms with E-state index in [4.69, 9.17) is 33.5 Å². The van der Waals surface area contributed by atoms with Crippen molar-refractivity contribution in [2.75, 3.05) is 17.2 Å². The first kappa shape index (κ1) is 15.9. The van der Waals surface area contributed by atoms with Crippen LogP contribution in [0.15, 0.2) is 48.5 Å². The normalized spacial score (nSPS) is 10.5. The number of ether oxygens (including phenoxy) is 1. The molecular weight excluding hydrogens is 326 g/mol. The highest BCUT2D eigenvalue weighted by Gasteiger charge is 2.14. The van der Waals surface area contributed by atoms with E-state index in [-0.39, 0.29) is 12.6 Å². The highest BCUT2D eigenvalue weighted by atomic mass is 35.5. The van der Waals surface area contributed by atoms with Crippen molar-refractivity contribution in [1.82, 2.24) is 9.97 Å². The first-order valence-corrected chi connectivity index (χ1v) is 7.57. The van der Waals surface area contributed by atoms with Gasteiger partial charge in [-0.25, -0.2) is 4.98 Å². The summed E-state index contributed by atoms with van der Waals surface area (Å²) in [5.74, 6) is 1.06. The van der Waals surface area contributed by atoms with E-state index in [1.807, 2.05) is 12.1 Å². The van der Waals surface area contributed by atoms with Crippen molar-refractivity contribution in [2.24, 2.45) is 0 Å². The van der Waals surface area contributed by atoms with E-state index in [9.17, 15) is 0 Å². The Kier molecular flexibility index (Phi) is 4.39. The van der Waals surface area contributed by atoms with Gasteiger partial charge in [0.05, 0.1) is 5.69 Å². The Morgan fingerprint density at radius 1 is 0.875 bits per heavy atom. The average Bonchev–Trinajstić information content (AvgIpc) is 2.55. The van der Waals surface area contributed by atoms with Gasteiger partial charge in [-0.15, -0.1) is 0 Å². The molecule has 0 unspecified atom stereocenters. The van der Waals surface area contributed by atoms with Crippen molar-refractivity contribution >= 4 is 29.1 Å². The summed E-state index contributed by atoms with van der Waals surface area (Å²) in [5.41, 5.74) is 20.2. The molecule has 6 N–H and O–H groups in total. The summed E-state index contributed by atoms with van der Waals surface area (Å²) in [6, 6.07) is 14.3. The third kappa shape index (κ3) is 3.49. The molecule has 1 heterocycles. The molecule has 3 rings (SSSR count). The number of nitrogens with zero attached hydrogens (tertiary/aromatic N) is 2. The second-order valence-corrected chi connectivity index (χ2v) is 5.59. The standard InChI is InChI=1S/C17H16ClN5O/c18-11-3-1-10(2-4-11)15-14(22-17(21)23-16(15)20)9-24-13-7-5-12(19)6-8-13/h1-8H,9,19H2,(H4,20,21,22,23). The van der Waals surface area contributed by atoms with E-state index < -0.39 is 0 Å². The van der Waals surface area contributed by atoms with Gasteiger partial charge in [-0.1, -0.05) is 23.7 Å². The van der Waals surface area contributed by atoms with Crippen LogP contribution < -0.4 is 21.9 Å². The number of nitrogens with two attached hydrogens (primary N) is 3. The number of benzene rings is 2. The van der Waals surface area contributed by atoms with Crippen molar-refractivity contribution < 1.29 is 4.74 Å². The van der Waals surface area contributed by atoms with Crippen molar-refractivity contribution in [3.05, 3.63) is 59.2 Å². The molecule has 0 saturated carbocycles. The van der Waals surface area contributed by atoms with Crippen LogP contribution in [0.3, 0.4) is 0 Å². The highest BCUT2D eigenvalue weighted by Crippen LogP contribution is 2.30. The fourth-order valence-electron chi connectivity index (χ4n) is 2.30. The maximum atomic E-state index is 6.04. The number of aromatic nitrogens is 2. The van der Waals surface area contributed by atoms with Gasteiger partial charge in [-0.2, -0.15) is 4.98 Å². The smallest absolute Gasteiger partial charge is 0.222 e. The predicted molar refractivity (Wildman–Crippen MR) is 96.5 cm³/mol. The monoisotopic (exact) mass is 341 g/mol. The van der Waals surface area contributed by atoms with Crippen LogP contribution in [0.25, 0.3) is 11.1 Å². The van der Waals surface area contributed by atoms with Crippen LogP contribution in [0.4, 0.5) is 17.5 Å². The van der Waals surface area contributed by atoms with Crippen LogP contribution >= 0.6 is 11.6 Å². The molecule has 24 heavy (non-hydrogen) atoms. The molecule has 0 aliphatic carbocycles. The lowest BCUT2D eigenvalue weighted by molar-refractivity contribution is 0.302. The van der Waals surface area contributed by atoms with E-state index in [2.05, 4.69) is 9.97 Å². The topological polar surface area (TPSA) is 113 Å². The Balaban J connectivity index is 1.94. The first-order chi connectivity index (χ1) is 11.5. The van der Waals surface area contributed by atoms with Gasteiger partial charge in [0.25, 0.3) is 0 Å². The van der Waals surface area contributed by atoms with Crippen LogP contribution in [0.5, 0.6) is 5.75 Å². The summed E-state index contributed by atoms with van der Waals surface area (Å²) in [4.78, 5) is 8.31. The summed E-state index contributed by atoms with van der Waals surface area (Å²) < 4.78 is 5.76. The van der Waals surface area contributed by atoms with Crippen LogP contribution in [-0.4, -0.2) is 9.97 Å². The number of hydrogen-bond acceptors (Lipinski definition) is 6. The van der Waals surface area contributed by atoms with Gasteiger partial charge >= 0.3 is 0 Å². The van der Waals surface area contributed by atoms with Crippen molar-refractivity contribution in [2.45, 2.75) is 6.61 Å². The molecule has 2 aromatic carbocycles. The number of hydrogen-bond donors (Lipinski definition) is 3. The molecule has 0 fully saturated rings. The Morgan fingerprint density at radius 3 is 2.21 bits per heavy atom. The second kappa shape index (κ2) is 6.64. The van der Waals surface area contributed by atoms with Crippen LogP contribution in [0.1, 0.15) is 5.69 Å². The first-order valence-electron chi connectivity index (χ1n) is 7.19. The third-order valence-electron chi connectivity index (χ3n) is 3.42. The lowest BCUT2D eigenvalue weighted by Gasteiger charge is -2.13. The summed E-state index contributed by atoms with van der Waals surface area (Å²) in [7, 11) is 0. The van der Waals surface area contributed by atoms with Gasteiger partial charge in [0.2, 0.25) is 5.95 Å². The van der Waals surface area contributed by atoms with Crippen LogP contribution in [0, 0.1) is 0 Å². The molecule has 0 radical (unpaired) electrons. The molecule has 0 spiro atoms. The van der Waals surface area contributed by atoms with Gasteiger partial charge in [0, 0.05) is 16.3 Å². The Morgan fingerprint density at radius 2 is 1.54 bits per heavy atom. The molecule has 0 amide bonds. The SMILES string of the molecule is Nc1ccc(OCc2nc(N)nc(N)c2-c2ccc(Cl)cc2)cc1. The largest absolute Gasteiger partial charge is 0.487 e. The Labute approximate surface area is 144 Å². The molecule has 3 aromatic rings. The minimum atomic E-state index is 0.0983. The maximum absolute atomic E-state index is 6.04. The van der Waals surface area contributed by atoms with Gasteiger partial charge in [0.1, 0.15) is 18.2 Å². The van der Waals surface area contributed by atoms with Gasteiger partial charge < -0.3 is 21.9 Å². The zero-order valence-electron chi connectivity index (χ0n) is 12.7. The van der Waals surface area contributed by atoms with E-state index in [1.165, 1.54) is 0 Å². The third-order valence-corrected chi connectivity index (χ3v) is 3.67. The number of anilines is 3. The van der Waals surface area contributed by atoms with Gasteiger partial charge in [-0.3, -0.25) is 0 Å². The fraction of sp³-hybridized carbons (Fsp3) is 0.0588. The molecule has 0 saturated heterocycles. The minimum absolute atomic E-state index is 0.0983. The van der Waals surface area contributed by atoms with Crippen molar-refractivity contribution in [1.29, 1.82) is 0 Å². The molecule has 0 bridgehead atoms. The number of nitrogen functional groups attached to an aromatic ring is 3. The lowest BCUT2D eigenvalue weighted by atomic mass is 10.0. The van der Waals surface area contributed by atoms with Gasteiger partial charge in [0.15, 0.2) is 0 Å². The van der Waals surface area contributed by atoms with E-state index in [0.29, 0.717) is 33.5 Å². The second-order valence-electron chi connectivity index (χ2n) is 5.15. The summed E-state index contributed by atoms with van der Waals surface area (Å²) in [6.07, 6.45) is 0. The van der Waals surface area contributed by atoms with Crippen LogP contribution in [-0.2, 0) is 6.61 Å². The van der Waals surface area contributed by atoms with E-state index in [0.717, 1.165) is 5.56 Å². The molecule has 122 valence electrons. The minimum Gasteiger partial charge on any atom is -0.487 e. The lowest BCUT2D eigenvalue weighted by Crippen LogP contribution is -2.09. The average molecular weight is 342 g/mol. The van der Waals surface area contributed by atoms with Gasteiger partial charge in [-0.05, 0) is 42.0 Å². The molecule has 0 aliphatic heterocycles. The van der Waals surface area contributed by atoms with Crippen LogP contribution in [0.2, 0.25) is 5.02 Å². The Hall–Kier alpha value is -2.99. The number of halogens is 1. The highest BCUT2D eigenvalue weighted by molar-refractivity contribution is 6.30. The fourth-order valence-corrected chi connectivity index (χ4v) is 2.42. The molecular formula is C17H16ClN5O. The Bertz CT molecular complexity index is 850. The summed E-state index contributed by atoms with van der Waals surface area (Å²) in [6.45, 7) is 0.193. The molecule has 6 nitrogen and oxygen atoms in total. The molecule has 7 heteroatoms. The quantitative estimate of drug-likeness (QED) is 0.628. The zero-order chi connectivity index (χ0) is 17.1. The van der Waals surface area contributed by atoms with Crippen molar-refractivity contribution in [3.63, 3.8) is 0 Å². The van der Waals surface area contributed by atoms with E-state index >= 15 is 0 Å². The molecule has 1 aromatic heterocycles. The summed E-state index contributed by atoms with van der Waals surface area (Å²) in [5, 5.41) is 0.633. The molecule has 0 aliphatic rings. The summed E-state index contributed by atoms with van der Waals surface area (Å²) >= 11 is 5.94. The molecule has 0 atom stereocenters. The zero-order valence-corrected chi connectivity index (χ0v) is 13.5. The van der Waals surface area contributed by atoms with Crippen molar-refractivity contribution in [3.8, 4) is 16.9 Å².